The molecule has 0 spiro atoms. The van der Waals surface area contributed by atoms with E-state index >= 15 is 0 Å². The van der Waals surface area contributed by atoms with E-state index in [9.17, 15) is 5.11 Å². The third-order valence-corrected chi connectivity index (χ3v) is 2.84. The van der Waals surface area contributed by atoms with Crippen LogP contribution in [-0.4, -0.2) is 23.9 Å². The summed E-state index contributed by atoms with van der Waals surface area (Å²) in [4.78, 5) is 0. The van der Waals surface area contributed by atoms with Gasteiger partial charge in [0.05, 0.1) is 12.7 Å². The maximum absolute atomic E-state index is 9.64. The van der Waals surface area contributed by atoms with Crippen LogP contribution < -0.4 is 9.47 Å². The number of hydrogen-bond acceptors (Lipinski definition) is 3. The zero-order valence-electron chi connectivity index (χ0n) is 9.56. The van der Waals surface area contributed by atoms with E-state index in [-0.39, 0.29) is 12.2 Å². The highest BCUT2D eigenvalue weighted by Gasteiger charge is 2.26. The second-order valence-corrected chi connectivity index (χ2v) is 4.06. The molecule has 88 valence electrons. The van der Waals surface area contributed by atoms with Crippen LogP contribution in [0.2, 0.25) is 0 Å². The van der Waals surface area contributed by atoms with E-state index in [0.717, 1.165) is 30.8 Å². The van der Waals surface area contributed by atoms with Crippen molar-refractivity contribution in [2.45, 2.75) is 38.4 Å². The average molecular weight is 222 g/mol. The highest BCUT2D eigenvalue weighted by molar-refractivity contribution is 5.31. The van der Waals surface area contributed by atoms with Crippen molar-refractivity contribution in [3.8, 4) is 11.5 Å². The minimum Gasteiger partial charge on any atom is -0.494 e. The molecule has 2 atom stereocenters. The summed E-state index contributed by atoms with van der Waals surface area (Å²) in [6.45, 7) is 2.63. The van der Waals surface area contributed by atoms with Crippen LogP contribution >= 0.6 is 0 Å². The Hall–Kier alpha value is -1.22. The van der Waals surface area contributed by atoms with Gasteiger partial charge in [0, 0.05) is 0 Å². The van der Waals surface area contributed by atoms with Gasteiger partial charge in [0.2, 0.25) is 0 Å². The van der Waals surface area contributed by atoms with E-state index < -0.39 is 0 Å². The van der Waals surface area contributed by atoms with Crippen LogP contribution in [0.1, 0.15) is 26.2 Å². The van der Waals surface area contributed by atoms with Crippen LogP contribution in [0.4, 0.5) is 0 Å². The lowest BCUT2D eigenvalue weighted by molar-refractivity contribution is 0.0603. The highest BCUT2D eigenvalue weighted by atomic mass is 16.5. The lowest BCUT2D eigenvalue weighted by Gasteiger charge is -2.17. The lowest BCUT2D eigenvalue weighted by atomic mass is 10.2. The number of hydrogen-bond donors (Lipinski definition) is 1. The normalized spacial score (nSPS) is 24.4. The molecule has 1 saturated carbocycles. The summed E-state index contributed by atoms with van der Waals surface area (Å²) >= 11 is 0. The van der Waals surface area contributed by atoms with Crippen molar-refractivity contribution < 1.29 is 14.6 Å². The molecule has 0 aliphatic heterocycles. The Balaban J connectivity index is 1.94. The largest absolute Gasteiger partial charge is 0.494 e. The van der Waals surface area contributed by atoms with Gasteiger partial charge in [-0.3, -0.25) is 0 Å². The van der Waals surface area contributed by atoms with Crippen molar-refractivity contribution in [1.82, 2.24) is 0 Å². The highest BCUT2D eigenvalue weighted by Crippen LogP contribution is 2.25. The Labute approximate surface area is 96.0 Å². The van der Waals surface area contributed by atoms with Gasteiger partial charge in [-0.25, -0.2) is 0 Å². The van der Waals surface area contributed by atoms with E-state index in [4.69, 9.17) is 9.47 Å². The summed E-state index contributed by atoms with van der Waals surface area (Å²) in [6.07, 6.45) is 2.48. The summed E-state index contributed by atoms with van der Waals surface area (Å²) in [5.74, 6) is 1.65. The SMILES string of the molecule is CCOc1ccc(O[C@@H]2CCC[C@H]2O)cc1. The zero-order valence-corrected chi connectivity index (χ0v) is 9.56. The Morgan fingerprint density at radius 2 is 1.88 bits per heavy atom. The topological polar surface area (TPSA) is 38.7 Å². The molecule has 1 aromatic rings. The summed E-state index contributed by atoms with van der Waals surface area (Å²) in [7, 11) is 0. The molecule has 3 heteroatoms. The summed E-state index contributed by atoms with van der Waals surface area (Å²) < 4.78 is 11.1. The molecular weight excluding hydrogens is 204 g/mol. The predicted molar refractivity (Wildman–Crippen MR) is 61.9 cm³/mol. The first-order valence-corrected chi connectivity index (χ1v) is 5.87. The molecule has 0 radical (unpaired) electrons. The zero-order chi connectivity index (χ0) is 11.4. The van der Waals surface area contributed by atoms with Crippen molar-refractivity contribution in [1.29, 1.82) is 0 Å². The van der Waals surface area contributed by atoms with Crippen LogP contribution in [0.25, 0.3) is 0 Å². The second-order valence-electron chi connectivity index (χ2n) is 4.06. The molecule has 0 unspecified atom stereocenters. The third kappa shape index (κ3) is 2.67. The van der Waals surface area contributed by atoms with E-state index in [2.05, 4.69) is 0 Å². The Kier molecular flexibility index (Phi) is 3.67. The van der Waals surface area contributed by atoms with Crippen molar-refractivity contribution in [2.24, 2.45) is 0 Å². The first-order chi connectivity index (χ1) is 7.79. The monoisotopic (exact) mass is 222 g/mol. The Morgan fingerprint density at radius 1 is 1.19 bits per heavy atom. The molecule has 1 fully saturated rings. The molecule has 3 nitrogen and oxygen atoms in total. The quantitative estimate of drug-likeness (QED) is 0.850. The molecule has 1 aromatic carbocycles. The Morgan fingerprint density at radius 3 is 2.44 bits per heavy atom. The van der Waals surface area contributed by atoms with Crippen LogP contribution in [0.5, 0.6) is 11.5 Å². The fourth-order valence-electron chi connectivity index (χ4n) is 2.00. The summed E-state index contributed by atoms with van der Waals surface area (Å²) in [6, 6.07) is 7.55. The third-order valence-electron chi connectivity index (χ3n) is 2.84. The van der Waals surface area contributed by atoms with Crippen molar-refractivity contribution in [3.05, 3.63) is 24.3 Å². The fourth-order valence-corrected chi connectivity index (χ4v) is 2.00. The lowest BCUT2D eigenvalue weighted by Crippen LogP contribution is -2.25. The van der Waals surface area contributed by atoms with Gasteiger partial charge in [-0.2, -0.15) is 0 Å². The maximum atomic E-state index is 9.64. The minimum atomic E-state index is -0.313. The fraction of sp³-hybridized carbons (Fsp3) is 0.538. The minimum absolute atomic E-state index is 0.0436. The molecule has 0 saturated heterocycles. The van der Waals surface area contributed by atoms with Crippen LogP contribution in [0.15, 0.2) is 24.3 Å². The summed E-state index contributed by atoms with van der Waals surface area (Å²) in [5, 5.41) is 9.64. The van der Waals surface area contributed by atoms with Crippen LogP contribution in [0.3, 0.4) is 0 Å². The number of ether oxygens (including phenoxy) is 2. The molecule has 2 rings (SSSR count). The van der Waals surface area contributed by atoms with Crippen LogP contribution in [0, 0.1) is 0 Å². The summed E-state index contributed by atoms with van der Waals surface area (Å²) in [5.41, 5.74) is 0. The van der Waals surface area contributed by atoms with Gasteiger partial charge < -0.3 is 14.6 Å². The van der Waals surface area contributed by atoms with E-state index in [1.807, 2.05) is 31.2 Å². The first kappa shape index (κ1) is 11.3. The Bertz CT molecular complexity index is 320. The molecule has 0 aromatic heterocycles. The van der Waals surface area contributed by atoms with Gasteiger partial charge in [0.1, 0.15) is 17.6 Å². The number of benzene rings is 1. The maximum Gasteiger partial charge on any atom is 0.124 e. The van der Waals surface area contributed by atoms with Gasteiger partial charge in [-0.15, -0.1) is 0 Å². The van der Waals surface area contributed by atoms with E-state index in [1.54, 1.807) is 0 Å². The number of rotatable bonds is 4. The van der Waals surface area contributed by atoms with E-state index in [0.29, 0.717) is 6.61 Å². The molecule has 1 N–H and O–H groups in total. The van der Waals surface area contributed by atoms with Gasteiger partial charge in [0.25, 0.3) is 0 Å². The number of aliphatic hydroxyl groups is 1. The molecule has 16 heavy (non-hydrogen) atoms. The molecule has 0 amide bonds. The second kappa shape index (κ2) is 5.21. The van der Waals surface area contributed by atoms with Gasteiger partial charge in [0.15, 0.2) is 0 Å². The van der Waals surface area contributed by atoms with Crippen molar-refractivity contribution in [3.63, 3.8) is 0 Å². The van der Waals surface area contributed by atoms with Gasteiger partial charge >= 0.3 is 0 Å². The molecule has 0 heterocycles. The standard InChI is InChI=1S/C13H18O3/c1-2-15-10-6-8-11(9-7-10)16-13-5-3-4-12(13)14/h6-9,12-14H,2-5H2,1H3/t12-,13-/m1/s1. The van der Waals surface area contributed by atoms with Gasteiger partial charge in [-0.1, -0.05) is 0 Å². The molecule has 1 aliphatic carbocycles. The van der Waals surface area contributed by atoms with Crippen LogP contribution in [-0.2, 0) is 0 Å². The van der Waals surface area contributed by atoms with Gasteiger partial charge in [-0.05, 0) is 50.5 Å². The van der Waals surface area contributed by atoms with E-state index in [1.165, 1.54) is 0 Å². The smallest absolute Gasteiger partial charge is 0.124 e. The first-order valence-electron chi connectivity index (χ1n) is 5.87. The average Bonchev–Trinajstić information content (AvgIpc) is 2.68. The molecular formula is C13H18O3. The number of aliphatic hydroxyl groups excluding tert-OH is 1. The van der Waals surface area contributed by atoms with Crippen molar-refractivity contribution in [2.75, 3.05) is 6.61 Å². The predicted octanol–water partition coefficient (Wildman–Crippen LogP) is 2.38. The molecule has 0 bridgehead atoms. The van der Waals surface area contributed by atoms with Crippen molar-refractivity contribution >= 4 is 0 Å². The molecule has 1 aliphatic rings.